The number of hydrogen-bond acceptors (Lipinski definition) is 2. The van der Waals surface area contributed by atoms with Crippen molar-refractivity contribution in [3.8, 4) is 12.1 Å². The molecule has 0 bridgehead atoms. The van der Waals surface area contributed by atoms with Crippen molar-refractivity contribution < 1.29 is 0 Å². The average Bonchev–Trinajstić information content (AvgIpc) is 2.22. The zero-order valence-electron chi connectivity index (χ0n) is 8.92. The summed E-state index contributed by atoms with van der Waals surface area (Å²) in [6, 6.07) is 4.29. The summed E-state index contributed by atoms with van der Waals surface area (Å²) in [6.07, 6.45) is 8.57. The Hall–Kier alpha value is -1.28. The Kier molecular flexibility index (Phi) is 8.91. The maximum atomic E-state index is 8.38. The Morgan fingerprint density at radius 1 is 1.14 bits per heavy atom. The molecule has 0 atom stereocenters. The molecule has 0 fully saturated rings. The second kappa shape index (κ2) is 9.81. The van der Waals surface area contributed by atoms with Crippen LogP contribution in [0.3, 0.4) is 0 Å². The monoisotopic (exact) mass is 190 g/mol. The van der Waals surface area contributed by atoms with Crippen LogP contribution >= 0.6 is 0 Å². The quantitative estimate of drug-likeness (QED) is 0.454. The van der Waals surface area contributed by atoms with Gasteiger partial charge in [0, 0.05) is 12.8 Å². The first-order valence-corrected chi connectivity index (χ1v) is 5.27. The van der Waals surface area contributed by atoms with Crippen molar-refractivity contribution in [2.75, 3.05) is 0 Å². The molecule has 76 valence electrons. The van der Waals surface area contributed by atoms with E-state index in [2.05, 4.69) is 25.1 Å². The summed E-state index contributed by atoms with van der Waals surface area (Å²) in [4.78, 5) is 0. The molecule has 0 radical (unpaired) electrons. The normalized spacial score (nSPS) is 10.6. The van der Waals surface area contributed by atoms with Gasteiger partial charge in [0.15, 0.2) is 0 Å². The molecule has 0 unspecified atom stereocenters. The first-order valence-electron chi connectivity index (χ1n) is 5.27. The molecule has 0 aliphatic heterocycles. The summed E-state index contributed by atoms with van der Waals surface area (Å²) in [5.74, 6) is 0. The lowest BCUT2D eigenvalue weighted by Gasteiger charge is -2.02. The fourth-order valence-corrected chi connectivity index (χ4v) is 1.32. The fraction of sp³-hybridized carbons (Fsp3) is 0.667. The van der Waals surface area contributed by atoms with Crippen molar-refractivity contribution in [2.45, 2.75) is 51.9 Å². The lowest BCUT2D eigenvalue weighted by atomic mass is 10.0. The molecule has 0 aromatic heterocycles. The van der Waals surface area contributed by atoms with Gasteiger partial charge >= 0.3 is 0 Å². The molecule has 0 rings (SSSR count). The first-order chi connectivity index (χ1) is 6.85. The van der Waals surface area contributed by atoms with Crippen molar-refractivity contribution >= 4 is 0 Å². The second-order valence-electron chi connectivity index (χ2n) is 3.28. The van der Waals surface area contributed by atoms with Gasteiger partial charge in [-0.25, -0.2) is 0 Å². The summed E-state index contributed by atoms with van der Waals surface area (Å²) in [6.45, 7) is 2.14. The summed E-state index contributed by atoms with van der Waals surface area (Å²) < 4.78 is 0. The highest BCUT2D eigenvalue weighted by molar-refractivity contribution is 5.02. The van der Waals surface area contributed by atoms with Gasteiger partial charge in [-0.15, -0.1) is 0 Å². The Balaban J connectivity index is 3.63. The topological polar surface area (TPSA) is 47.6 Å². The summed E-state index contributed by atoms with van der Waals surface area (Å²) in [5, 5.41) is 16.7. The average molecular weight is 190 g/mol. The highest BCUT2D eigenvalue weighted by Crippen LogP contribution is 2.13. The maximum absolute atomic E-state index is 8.38. The molecule has 0 heterocycles. The molecule has 0 saturated carbocycles. The van der Waals surface area contributed by atoms with Crippen LogP contribution in [0.5, 0.6) is 0 Å². The molecule has 0 N–H and O–H groups in total. The van der Waals surface area contributed by atoms with Gasteiger partial charge in [-0.05, 0) is 32.1 Å². The third-order valence-corrected chi connectivity index (χ3v) is 2.18. The highest BCUT2D eigenvalue weighted by Gasteiger charge is 1.94. The molecule has 0 spiro atoms. The Morgan fingerprint density at radius 3 is 2.43 bits per heavy atom. The molecule has 0 aliphatic rings. The smallest absolute Gasteiger partial charge is 0.0625 e. The van der Waals surface area contributed by atoms with Gasteiger partial charge in [0.2, 0.25) is 0 Å². The van der Waals surface area contributed by atoms with Gasteiger partial charge in [-0.2, -0.15) is 10.5 Å². The van der Waals surface area contributed by atoms with Crippen molar-refractivity contribution in [3.05, 3.63) is 11.6 Å². The van der Waals surface area contributed by atoms with Crippen molar-refractivity contribution in [1.82, 2.24) is 0 Å². The van der Waals surface area contributed by atoms with E-state index in [1.807, 2.05) is 0 Å². The van der Waals surface area contributed by atoms with Crippen molar-refractivity contribution in [3.63, 3.8) is 0 Å². The SMILES string of the molecule is CCC(=CCCC#N)CCCCC#N. The summed E-state index contributed by atoms with van der Waals surface area (Å²) in [7, 11) is 0. The number of hydrogen-bond donors (Lipinski definition) is 0. The van der Waals surface area contributed by atoms with Gasteiger partial charge in [-0.3, -0.25) is 0 Å². The summed E-state index contributed by atoms with van der Waals surface area (Å²) in [5.41, 5.74) is 1.43. The highest BCUT2D eigenvalue weighted by atomic mass is 14.2. The lowest BCUT2D eigenvalue weighted by molar-refractivity contribution is 0.728. The molecule has 2 heteroatoms. The predicted octanol–water partition coefficient (Wildman–Crippen LogP) is 3.71. The third-order valence-electron chi connectivity index (χ3n) is 2.18. The second-order valence-corrected chi connectivity index (χ2v) is 3.28. The number of nitriles is 2. The molecule has 0 saturated heterocycles. The van der Waals surface area contributed by atoms with E-state index in [1.54, 1.807) is 0 Å². The molecule has 14 heavy (non-hydrogen) atoms. The minimum atomic E-state index is 0.613. The fourth-order valence-electron chi connectivity index (χ4n) is 1.32. The van der Waals surface area contributed by atoms with E-state index in [-0.39, 0.29) is 0 Å². The molecule has 0 aromatic carbocycles. The van der Waals surface area contributed by atoms with Crippen LogP contribution in [0.1, 0.15) is 51.9 Å². The Bertz CT molecular complexity index is 240. The van der Waals surface area contributed by atoms with Crippen LogP contribution in [0.15, 0.2) is 11.6 Å². The predicted molar refractivity (Wildman–Crippen MR) is 57.3 cm³/mol. The van der Waals surface area contributed by atoms with Crippen LogP contribution in [-0.4, -0.2) is 0 Å². The Labute approximate surface area is 86.8 Å². The maximum Gasteiger partial charge on any atom is 0.0625 e. The van der Waals surface area contributed by atoms with E-state index in [0.29, 0.717) is 12.8 Å². The number of rotatable bonds is 7. The van der Waals surface area contributed by atoms with Crippen LogP contribution in [0.25, 0.3) is 0 Å². The number of allylic oxidation sites excluding steroid dienone is 2. The van der Waals surface area contributed by atoms with E-state index in [0.717, 1.165) is 32.1 Å². The molecule has 0 aromatic rings. The van der Waals surface area contributed by atoms with Crippen LogP contribution < -0.4 is 0 Å². The zero-order valence-corrected chi connectivity index (χ0v) is 8.92. The minimum Gasteiger partial charge on any atom is -0.198 e. The van der Waals surface area contributed by atoms with Gasteiger partial charge in [0.25, 0.3) is 0 Å². The molecule has 0 amide bonds. The number of nitrogens with zero attached hydrogens (tertiary/aromatic N) is 2. The van der Waals surface area contributed by atoms with E-state index in [4.69, 9.17) is 10.5 Å². The van der Waals surface area contributed by atoms with Crippen LogP contribution in [-0.2, 0) is 0 Å². The largest absolute Gasteiger partial charge is 0.198 e. The molecule has 2 nitrogen and oxygen atoms in total. The van der Waals surface area contributed by atoms with Crippen LogP contribution in [0, 0.1) is 22.7 Å². The standard InChI is InChI=1S/C12H18N2/c1-2-12(9-5-7-11-14)8-4-3-6-10-13/h9H,2-8H2,1H3. The van der Waals surface area contributed by atoms with Crippen molar-refractivity contribution in [2.24, 2.45) is 0 Å². The van der Waals surface area contributed by atoms with Crippen LogP contribution in [0.4, 0.5) is 0 Å². The van der Waals surface area contributed by atoms with Gasteiger partial charge in [0.1, 0.15) is 0 Å². The Morgan fingerprint density at radius 2 is 1.86 bits per heavy atom. The van der Waals surface area contributed by atoms with Gasteiger partial charge in [0.05, 0.1) is 12.1 Å². The first kappa shape index (κ1) is 12.7. The van der Waals surface area contributed by atoms with E-state index in [1.165, 1.54) is 5.57 Å². The third kappa shape index (κ3) is 7.37. The van der Waals surface area contributed by atoms with Gasteiger partial charge < -0.3 is 0 Å². The van der Waals surface area contributed by atoms with E-state index < -0.39 is 0 Å². The van der Waals surface area contributed by atoms with Gasteiger partial charge in [-0.1, -0.05) is 18.6 Å². The van der Waals surface area contributed by atoms with Crippen molar-refractivity contribution in [1.29, 1.82) is 10.5 Å². The minimum absolute atomic E-state index is 0.613. The molecular formula is C12H18N2. The van der Waals surface area contributed by atoms with Crippen LogP contribution in [0.2, 0.25) is 0 Å². The lowest BCUT2D eigenvalue weighted by Crippen LogP contribution is -1.83. The molecular weight excluding hydrogens is 172 g/mol. The summed E-state index contributed by atoms with van der Waals surface area (Å²) >= 11 is 0. The van der Waals surface area contributed by atoms with E-state index in [9.17, 15) is 0 Å². The molecule has 0 aliphatic carbocycles. The number of unbranched alkanes of at least 4 members (excludes halogenated alkanes) is 3. The zero-order chi connectivity index (χ0) is 10.6. The van der Waals surface area contributed by atoms with E-state index >= 15 is 0 Å².